The van der Waals surface area contributed by atoms with Crippen LogP contribution >= 0.6 is 0 Å². The van der Waals surface area contributed by atoms with Gasteiger partial charge in [-0.05, 0) is 37.5 Å². The van der Waals surface area contributed by atoms with Gasteiger partial charge in [0.1, 0.15) is 0 Å². The number of nitrogens with one attached hydrogen (secondary N) is 1. The molecule has 0 atom stereocenters. The number of carbonyl (C=O) groups excluding carboxylic acids is 1. The quantitative estimate of drug-likeness (QED) is 0.703. The molecule has 1 amide bonds. The molecule has 1 heterocycles. The summed E-state index contributed by atoms with van der Waals surface area (Å²) in [5.41, 5.74) is 3.76. The van der Waals surface area contributed by atoms with E-state index >= 15 is 0 Å². The molecular weight excluding hydrogens is 338 g/mol. The van der Waals surface area contributed by atoms with Gasteiger partial charge >= 0.3 is 0 Å². The third-order valence-electron chi connectivity index (χ3n) is 5.04. The van der Waals surface area contributed by atoms with Crippen molar-refractivity contribution in [2.45, 2.75) is 44.9 Å². The van der Waals surface area contributed by atoms with Crippen molar-refractivity contribution in [2.24, 2.45) is 0 Å². The molecule has 27 heavy (non-hydrogen) atoms. The molecule has 4 rings (SSSR count). The van der Waals surface area contributed by atoms with Crippen LogP contribution in [0.2, 0.25) is 0 Å². The van der Waals surface area contributed by atoms with Crippen LogP contribution in [-0.4, -0.2) is 16.0 Å². The van der Waals surface area contributed by atoms with Crippen LogP contribution in [0.15, 0.2) is 53.1 Å². The highest BCUT2D eigenvalue weighted by Crippen LogP contribution is 2.34. The summed E-state index contributed by atoms with van der Waals surface area (Å²) in [4.78, 5) is 16.9. The fraction of sp³-hybridized carbons (Fsp3) is 0.318. The molecule has 5 nitrogen and oxygen atoms in total. The molecule has 1 aliphatic rings. The number of amides is 1. The van der Waals surface area contributed by atoms with Crippen molar-refractivity contribution in [3.63, 3.8) is 0 Å². The SMILES string of the molecule is Cc1ccc(CC(=O)Nc2cccc(-c3noc(C4CCCC4)n3)c2)cc1. The van der Waals surface area contributed by atoms with Crippen molar-refractivity contribution >= 4 is 11.6 Å². The van der Waals surface area contributed by atoms with Crippen molar-refractivity contribution in [1.82, 2.24) is 10.1 Å². The van der Waals surface area contributed by atoms with Crippen LogP contribution in [0.5, 0.6) is 0 Å². The van der Waals surface area contributed by atoms with E-state index in [-0.39, 0.29) is 5.91 Å². The lowest BCUT2D eigenvalue weighted by Gasteiger charge is -2.07. The monoisotopic (exact) mass is 361 g/mol. The number of aryl methyl sites for hydroxylation is 1. The van der Waals surface area contributed by atoms with Crippen LogP contribution in [-0.2, 0) is 11.2 Å². The summed E-state index contributed by atoms with van der Waals surface area (Å²) >= 11 is 0. The standard InChI is InChI=1S/C22H23N3O2/c1-15-9-11-16(12-10-15)13-20(26)23-19-8-4-7-18(14-19)21-24-22(27-25-21)17-5-2-3-6-17/h4,7-12,14,17H,2-3,5-6,13H2,1H3,(H,23,26). The molecule has 2 aromatic carbocycles. The number of nitrogens with zero attached hydrogens (tertiary/aromatic N) is 2. The second-order valence-corrected chi connectivity index (χ2v) is 7.23. The number of hydrogen-bond acceptors (Lipinski definition) is 4. The van der Waals surface area contributed by atoms with Gasteiger partial charge in [0.2, 0.25) is 17.6 Å². The summed E-state index contributed by atoms with van der Waals surface area (Å²) in [5, 5.41) is 7.08. The predicted molar refractivity (Wildman–Crippen MR) is 104 cm³/mol. The van der Waals surface area contributed by atoms with Crippen LogP contribution in [0.3, 0.4) is 0 Å². The Bertz CT molecular complexity index is 925. The lowest BCUT2D eigenvalue weighted by molar-refractivity contribution is -0.115. The van der Waals surface area contributed by atoms with E-state index in [1.54, 1.807) is 0 Å². The van der Waals surface area contributed by atoms with Gasteiger partial charge in [0.05, 0.1) is 6.42 Å². The van der Waals surface area contributed by atoms with Crippen LogP contribution in [0.25, 0.3) is 11.4 Å². The van der Waals surface area contributed by atoms with E-state index in [0.29, 0.717) is 18.2 Å². The molecule has 0 aliphatic heterocycles. The molecule has 5 heteroatoms. The Balaban J connectivity index is 1.44. The predicted octanol–water partition coefficient (Wildman–Crippen LogP) is 4.88. The zero-order chi connectivity index (χ0) is 18.6. The maximum atomic E-state index is 12.3. The first-order valence-electron chi connectivity index (χ1n) is 9.47. The highest BCUT2D eigenvalue weighted by molar-refractivity contribution is 5.92. The van der Waals surface area contributed by atoms with Crippen LogP contribution < -0.4 is 5.32 Å². The summed E-state index contributed by atoms with van der Waals surface area (Å²) in [6, 6.07) is 15.6. The molecule has 0 unspecified atom stereocenters. The molecular formula is C22H23N3O2. The molecule has 1 N–H and O–H groups in total. The second-order valence-electron chi connectivity index (χ2n) is 7.23. The first-order chi connectivity index (χ1) is 13.2. The number of aromatic nitrogens is 2. The minimum atomic E-state index is -0.0456. The molecule has 1 fully saturated rings. The third kappa shape index (κ3) is 4.25. The summed E-state index contributed by atoms with van der Waals surface area (Å²) in [6.45, 7) is 2.03. The van der Waals surface area contributed by atoms with Crippen molar-refractivity contribution in [3.8, 4) is 11.4 Å². The summed E-state index contributed by atoms with van der Waals surface area (Å²) < 4.78 is 5.46. The molecule has 0 bridgehead atoms. The van der Waals surface area contributed by atoms with Crippen molar-refractivity contribution in [3.05, 3.63) is 65.5 Å². The van der Waals surface area contributed by atoms with Crippen LogP contribution in [0.4, 0.5) is 5.69 Å². The molecule has 1 saturated carbocycles. The Morgan fingerprint density at radius 2 is 1.93 bits per heavy atom. The van der Waals surface area contributed by atoms with Gasteiger partial charge in [-0.2, -0.15) is 4.98 Å². The average Bonchev–Trinajstić information content (AvgIpc) is 3.35. The summed E-state index contributed by atoms with van der Waals surface area (Å²) in [5.74, 6) is 1.65. The fourth-order valence-electron chi connectivity index (χ4n) is 3.52. The average molecular weight is 361 g/mol. The number of benzene rings is 2. The number of carbonyl (C=O) groups is 1. The van der Waals surface area contributed by atoms with E-state index < -0.39 is 0 Å². The van der Waals surface area contributed by atoms with Gasteiger partial charge in [0.25, 0.3) is 0 Å². The maximum absolute atomic E-state index is 12.3. The molecule has 1 aliphatic carbocycles. The first kappa shape index (κ1) is 17.5. The Morgan fingerprint density at radius 1 is 1.15 bits per heavy atom. The molecule has 0 saturated heterocycles. The minimum Gasteiger partial charge on any atom is -0.339 e. The zero-order valence-corrected chi connectivity index (χ0v) is 15.4. The minimum absolute atomic E-state index is 0.0456. The Labute approximate surface area is 158 Å². The molecule has 1 aromatic heterocycles. The van der Waals surface area contributed by atoms with E-state index in [0.717, 1.165) is 35.5 Å². The van der Waals surface area contributed by atoms with Crippen LogP contribution in [0, 0.1) is 6.92 Å². The number of rotatable bonds is 5. The molecule has 3 aromatic rings. The highest BCUT2D eigenvalue weighted by atomic mass is 16.5. The van der Waals surface area contributed by atoms with Gasteiger partial charge < -0.3 is 9.84 Å². The van der Waals surface area contributed by atoms with E-state index in [1.165, 1.54) is 18.4 Å². The fourth-order valence-corrected chi connectivity index (χ4v) is 3.52. The second kappa shape index (κ2) is 7.74. The van der Waals surface area contributed by atoms with E-state index in [2.05, 4.69) is 15.5 Å². The number of hydrogen-bond donors (Lipinski definition) is 1. The van der Waals surface area contributed by atoms with Gasteiger partial charge in [0.15, 0.2) is 0 Å². The van der Waals surface area contributed by atoms with Gasteiger partial charge in [0, 0.05) is 17.2 Å². The van der Waals surface area contributed by atoms with Gasteiger partial charge in [-0.15, -0.1) is 0 Å². The summed E-state index contributed by atoms with van der Waals surface area (Å²) in [6.07, 6.45) is 5.04. The van der Waals surface area contributed by atoms with Crippen molar-refractivity contribution in [1.29, 1.82) is 0 Å². The normalized spacial score (nSPS) is 14.4. The zero-order valence-electron chi connectivity index (χ0n) is 15.4. The number of anilines is 1. The van der Waals surface area contributed by atoms with Crippen LogP contribution in [0.1, 0.15) is 48.6 Å². The Hall–Kier alpha value is -2.95. The Kier molecular flexibility index (Phi) is 5.01. The van der Waals surface area contributed by atoms with E-state index in [9.17, 15) is 4.79 Å². The lowest BCUT2D eigenvalue weighted by atomic mass is 10.1. The molecule has 138 valence electrons. The maximum Gasteiger partial charge on any atom is 0.230 e. The topological polar surface area (TPSA) is 68.0 Å². The lowest BCUT2D eigenvalue weighted by Crippen LogP contribution is -2.14. The molecule has 0 spiro atoms. The third-order valence-corrected chi connectivity index (χ3v) is 5.04. The largest absolute Gasteiger partial charge is 0.339 e. The molecule has 0 radical (unpaired) electrons. The van der Waals surface area contributed by atoms with Crippen molar-refractivity contribution in [2.75, 3.05) is 5.32 Å². The van der Waals surface area contributed by atoms with E-state index in [1.807, 2.05) is 55.5 Å². The van der Waals surface area contributed by atoms with Crippen molar-refractivity contribution < 1.29 is 9.32 Å². The van der Waals surface area contributed by atoms with Gasteiger partial charge in [-0.25, -0.2) is 0 Å². The first-order valence-corrected chi connectivity index (χ1v) is 9.47. The summed E-state index contributed by atoms with van der Waals surface area (Å²) in [7, 11) is 0. The van der Waals surface area contributed by atoms with Gasteiger partial charge in [-0.1, -0.05) is 60.0 Å². The smallest absolute Gasteiger partial charge is 0.230 e. The van der Waals surface area contributed by atoms with E-state index in [4.69, 9.17) is 4.52 Å². The Morgan fingerprint density at radius 3 is 2.70 bits per heavy atom. The van der Waals surface area contributed by atoms with Gasteiger partial charge in [-0.3, -0.25) is 4.79 Å². The highest BCUT2D eigenvalue weighted by Gasteiger charge is 2.23.